The van der Waals surface area contributed by atoms with E-state index in [1.807, 2.05) is 0 Å². The van der Waals surface area contributed by atoms with Gasteiger partial charge in [-0.2, -0.15) is 0 Å². The molecule has 0 aliphatic rings. The average molecular weight is 194 g/mol. The Morgan fingerprint density at radius 1 is 1.50 bits per heavy atom. The van der Waals surface area contributed by atoms with Crippen LogP contribution in [0, 0.1) is 0 Å². The van der Waals surface area contributed by atoms with E-state index in [-0.39, 0.29) is 6.42 Å². The molecule has 0 bridgehead atoms. The summed E-state index contributed by atoms with van der Waals surface area (Å²) in [5.74, 6) is -0.127. The monoisotopic (exact) mass is 194 g/mol. The minimum Gasteiger partial charge on any atom is -0.298 e. The molecule has 4 nitrogen and oxygen atoms in total. The predicted molar refractivity (Wildman–Crippen MR) is 48.8 cm³/mol. The molecule has 1 aromatic rings. The third-order valence-electron chi connectivity index (χ3n) is 1.51. The van der Waals surface area contributed by atoms with Gasteiger partial charge in [-0.3, -0.25) is 14.6 Å². The van der Waals surface area contributed by atoms with Crippen LogP contribution in [0.25, 0.3) is 0 Å². The fourth-order valence-corrected chi connectivity index (χ4v) is 0.793. The zero-order valence-electron chi connectivity index (χ0n) is 7.73. The van der Waals surface area contributed by atoms with Gasteiger partial charge in [0.15, 0.2) is 5.75 Å². The van der Waals surface area contributed by atoms with Crippen molar-refractivity contribution >= 4 is 12.3 Å². The Labute approximate surface area is 81.4 Å². The first-order valence-electron chi connectivity index (χ1n) is 4.19. The molecule has 0 atom stereocenters. The van der Waals surface area contributed by atoms with Crippen LogP contribution in [0.5, 0.6) is 5.75 Å². The molecule has 1 aromatic carbocycles. The minimum absolute atomic E-state index is 0.243. The molecule has 0 spiro atoms. The summed E-state index contributed by atoms with van der Waals surface area (Å²) >= 11 is 0. The quantitative estimate of drug-likeness (QED) is 0.416. The van der Waals surface area contributed by atoms with E-state index in [1.54, 1.807) is 25.1 Å². The summed E-state index contributed by atoms with van der Waals surface area (Å²) in [6.45, 7) is 1.66. The van der Waals surface area contributed by atoms with Crippen LogP contribution in [-0.2, 0) is 9.68 Å². The van der Waals surface area contributed by atoms with Crippen molar-refractivity contribution in [3.63, 3.8) is 0 Å². The Kier molecular flexibility index (Phi) is 3.67. The molecule has 0 aliphatic carbocycles. The van der Waals surface area contributed by atoms with E-state index in [9.17, 15) is 9.59 Å². The molecule has 1 rings (SSSR count). The van der Waals surface area contributed by atoms with Crippen LogP contribution in [-0.4, -0.2) is 12.3 Å². The smallest absolute Gasteiger partial charge is 0.298 e. The Bertz CT molecular complexity index is 333. The highest BCUT2D eigenvalue weighted by Gasteiger charge is 2.01. The summed E-state index contributed by atoms with van der Waals surface area (Å²) in [7, 11) is 0. The molecule has 74 valence electrons. The highest BCUT2D eigenvalue weighted by Crippen LogP contribution is 2.12. The van der Waals surface area contributed by atoms with Gasteiger partial charge in [0, 0.05) is 12.0 Å². The molecule has 0 radical (unpaired) electrons. The molecular weight excluding hydrogens is 184 g/mol. The molecule has 0 saturated heterocycles. The lowest BCUT2D eigenvalue weighted by Gasteiger charge is -2.02. The summed E-state index contributed by atoms with van der Waals surface area (Å²) < 4.78 is 0. The molecule has 0 heterocycles. The maximum absolute atomic E-state index is 10.7. The normalized spacial score (nSPS) is 9.21. The second-order valence-corrected chi connectivity index (χ2v) is 2.58. The number of hydrogen-bond acceptors (Lipinski definition) is 4. The van der Waals surface area contributed by atoms with Crippen molar-refractivity contribution in [3.05, 3.63) is 29.8 Å². The molecule has 4 heteroatoms. The van der Waals surface area contributed by atoms with Crippen LogP contribution in [0.15, 0.2) is 24.3 Å². The van der Waals surface area contributed by atoms with E-state index in [2.05, 4.69) is 4.89 Å². The maximum Gasteiger partial charge on any atom is 0.355 e. The molecule has 0 fully saturated rings. The van der Waals surface area contributed by atoms with Crippen LogP contribution in [0.3, 0.4) is 0 Å². The third kappa shape index (κ3) is 2.90. The van der Waals surface area contributed by atoms with Gasteiger partial charge < -0.3 is 0 Å². The summed E-state index contributed by atoms with van der Waals surface area (Å²) in [4.78, 5) is 30.2. The van der Waals surface area contributed by atoms with Crippen molar-refractivity contribution in [2.45, 2.75) is 13.3 Å². The molecule has 0 aromatic heterocycles. The molecule has 0 unspecified atom stereocenters. The van der Waals surface area contributed by atoms with Crippen LogP contribution < -0.4 is 4.89 Å². The molecule has 0 N–H and O–H groups in total. The number of benzene rings is 1. The van der Waals surface area contributed by atoms with Gasteiger partial charge >= 0.3 is 5.97 Å². The van der Waals surface area contributed by atoms with Crippen molar-refractivity contribution in [1.82, 2.24) is 0 Å². The van der Waals surface area contributed by atoms with Gasteiger partial charge in [0.2, 0.25) is 0 Å². The average Bonchev–Trinajstić information content (AvgIpc) is 2.26. The molecule has 0 aliphatic heterocycles. The molecular formula is C10H10O4. The van der Waals surface area contributed by atoms with Gasteiger partial charge in [-0.15, -0.1) is 0 Å². The molecule has 14 heavy (non-hydrogen) atoms. The maximum atomic E-state index is 10.7. The largest absolute Gasteiger partial charge is 0.355 e. The van der Waals surface area contributed by atoms with E-state index in [0.717, 1.165) is 0 Å². The second-order valence-electron chi connectivity index (χ2n) is 2.58. The van der Waals surface area contributed by atoms with Gasteiger partial charge in [-0.25, -0.2) is 4.79 Å². The zero-order chi connectivity index (χ0) is 10.4. The molecule has 0 amide bonds. The fraction of sp³-hybridized carbons (Fsp3) is 0.200. The van der Waals surface area contributed by atoms with Crippen molar-refractivity contribution < 1.29 is 19.4 Å². The highest BCUT2D eigenvalue weighted by molar-refractivity contribution is 5.75. The van der Waals surface area contributed by atoms with Gasteiger partial charge in [0.05, 0.1) is 0 Å². The van der Waals surface area contributed by atoms with Crippen molar-refractivity contribution in [1.29, 1.82) is 0 Å². The van der Waals surface area contributed by atoms with E-state index >= 15 is 0 Å². The Morgan fingerprint density at radius 2 is 2.29 bits per heavy atom. The number of carbonyl (C=O) groups is 2. The lowest BCUT2D eigenvalue weighted by Crippen LogP contribution is -2.05. The first kappa shape index (κ1) is 10.2. The van der Waals surface area contributed by atoms with Gasteiger partial charge in [0.1, 0.15) is 6.29 Å². The van der Waals surface area contributed by atoms with E-state index < -0.39 is 5.97 Å². The minimum atomic E-state index is -0.457. The third-order valence-corrected chi connectivity index (χ3v) is 1.51. The van der Waals surface area contributed by atoms with E-state index in [0.29, 0.717) is 17.6 Å². The number of rotatable bonds is 4. The predicted octanol–water partition coefficient (Wildman–Crippen LogP) is 1.75. The summed E-state index contributed by atoms with van der Waals surface area (Å²) in [6, 6.07) is 6.34. The summed E-state index contributed by atoms with van der Waals surface area (Å²) in [6.07, 6.45) is 0.932. The Morgan fingerprint density at radius 3 is 2.93 bits per heavy atom. The summed E-state index contributed by atoms with van der Waals surface area (Å²) in [5, 5.41) is 0. The topological polar surface area (TPSA) is 52.6 Å². The lowest BCUT2D eigenvalue weighted by atomic mass is 10.2. The van der Waals surface area contributed by atoms with Gasteiger partial charge in [0.25, 0.3) is 0 Å². The highest BCUT2D eigenvalue weighted by atomic mass is 17.2. The summed E-state index contributed by atoms with van der Waals surface area (Å²) in [5.41, 5.74) is 0.468. The van der Waals surface area contributed by atoms with Crippen molar-refractivity contribution in [2.75, 3.05) is 0 Å². The standard InChI is InChI=1S/C10H10O4/c1-2-10(12)14-13-9-5-3-4-8(6-9)7-11/h3-7H,2H2,1H3. The SMILES string of the molecule is CCC(=O)OOc1cccc(C=O)c1. The van der Waals surface area contributed by atoms with Crippen LogP contribution in [0.2, 0.25) is 0 Å². The number of hydrogen-bond donors (Lipinski definition) is 0. The van der Waals surface area contributed by atoms with E-state index in [4.69, 9.17) is 4.89 Å². The Balaban J connectivity index is 2.58. The Hall–Kier alpha value is -1.84. The lowest BCUT2D eigenvalue weighted by molar-refractivity contribution is -0.213. The molecule has 0 saturated carbocycles. The number of aldehydes is 1. The first-order chi connectivity index (χ1) is 6.76. The van der Waals surface area contributed by atoms with Crippen molar-refractivity contribution in [2.24, 2.45) is 0 Å². The van der Waals surface area contributed by atoms with Crippen LogP contribution in [0.1, 0.15) is 23.7 Å². The fourth-order valence-electron chi connectivity index (χ4n) is 0.793. The van der Waals surface area contributed by atoms with Crippen molar-refractivity contribution in [3.8, 4) is 5.75 Å². The zero-order valence-corrected chi connectivity index (χ0v) is 7.73. The number of carbonyl (C=O) groups excluding carboxylic acids is 2. The second kappa shape index (κ2) is 5.01. The van der Waals surface area contributed by atoms with Gasteiger partial charge in [-0.05, 0) is 12.1 Å². The first-order valence-corrected chi connectivity index (χ1v) is 4.19. The van der Waals surface area contributed by atoms with Crippen LogP contribution >= 0.6 is 0 Å². The van der Waals surface area contributed by atoms with Gasteiger partial charge in [-0.1, -0.05) is 19.1 Å². The van der Waals surface area contributed by atoms with E-state index in [1.165, 1.54) is 6.07 Å². The van der Waals surface area contributed by atoms with Crippen LogP contribution in [0.4, 0.5) is 0 Å².